The van der Waals surface area contributed by atoms with Gasteiger partial charge in [-0.1, -0.05) is 0 Å². The minimum atomic E-state index is -3.61. The molecule has 3 heterocycles. The first-order valence-corrected chi connectivity index (χ1v) is 9.96. The number of aromatic nitrogens is 1. The Labute approximate surface area is 152 Å². The highest BCUT2D eigenvalue weighted by Crippen LogP contribution is 2.34. The van der Waals surface area contributed by atoms with Gasteiger partial charge in [0.1, 0.15) is 25.1 Å². The molecule has 0 aliphatic carbocycles. The van der Waals surface area contributed by atoms with Crippen LogP contribution in [-0.2, 0) is 10.0 Å². The van der Waals surface area contributed by atoms with E-state index in [9.17, 15) is 8.42 Å². The summed E-state index contributed by atoms with van der Waals surface area (Å²) in [6.45, 7) is 3.48. The van der Waals surface area contributed by atoms with Gasteiger partial charge in [0.25, 0.3) is 0 Å². The standard InChI is InChI=1S/C18H20N2O5S/c1-13-16(3-2-7-19-13)25-14-6-8-20(12-14)26(21,22)15-4-5-17-18(11-15)24-10-9-23-17/h2-5,7,11,14H,6,8-10,12H2,1H3/t14-/m0/s1. The van der Waals surface area contributed by atoms with Crippen LogP contribution in [0.25, 0.3) is 0 Å². The molecule has 0 spiro atoms. The van der Waals surface area contributed by atoms with Crippen LogP contribution < -0.4 is 14.2 Å². The van der Waals surface area contributed by atoms with Crippen molar-refractivity contribution in [1.82, 2.24) is 9.29 Å². The quantitative estimate of drug-likeness (QED) is 0.812. The van der Waals surface area contributed by atoms with Crippen molar-refractivity contribution in [3.8, 4) is 17.2 Å². The molecule has 1 saturated heterocycles. The predicted molar refractivity (Wildman–Crippen MR) is 94.2 cm³/mol. The summed E-state index contributed by atoms with van der Waals surface area (Å²) in [4.78, 5) is 4.40. The molecule has 7 nitrogen and oxygen atoms in total. The predicted octanol–water partition coefficient (Wildman–Crippen LogP) is 2.00. The summed E-state index contributed by atoms with van der Waals surface area (Å²) in [7, 11) is -3.61. The monoisotopic (exact) mass is 376 g/mol. The molecule has 0 N–H and O–H groups in total. The van der Waals surface area contributed by atoms with Crippen LogP contribution in [0.5, 0.6) is 17.2 Å². The van der Waals surface area contributed by atoms with Crippen LogP contribution in [0.4, 0.5) is 0 Å². The summed E-state index contributed by atoms with van der Waals surface area (Å²) in [6, 6.07) is 8.39. The molecule has 138 valence electrons. The van der Waals surface area contributed by atoms with Gasteiger partial charge in [-0.25, -0.2) is 8.42 Å². The Kier molecular flexibility index (Phi) is 4.46. The number of fused-ring (bicyclic) bond motifs is 1. The van der Waals surface area contributed by atoms with Crippen molar-refractivity contribution in [3.63, 3.8) is 0 Å². The molecule has 26 heavy (non-hydrogen) atoms. The van der Waals surface area contributed by atoms with Crippen molar-refractivity contribution in [1.29, 1.82) is 0 Å². The second-order valence-electron chi connectivity index (χ2n) is 6.28. The van der Waals surface area contributed by atoms with Crippen LogP contribution in [0.2, 0.25) is 0 Å². The zero-order valence-electron chi connectivity index (χ0n) is 14.4. The smallest absolute Gasteiger partial charge is 0.243 e. The third-order valence-corrected chi connectivity index (χ3v) is 6.37. The Morgan fingerprint density at radius 3 is 2.81 bits per heavy atom. The van der Waals surface area contributed by atoms with Gasteiger partial charge in [-0.15, -0.1) is 0 Å². The number of pyridine rings is 1. The van der Waals surface area contributed by atoms with Crippen LogP contribution in [0.3, 0.4) is 0 Å². The molecule has 2 aliphatic heterocycles. The average Bonchev–Trinajstić information content (AvgIpc) is 3.13. The number of rotatable bonds is 4. The van der Waals surface area contributed by atoms with Crippen LogP contribution in [-0.4, -0.2) is 50.1 Å². The van der Waals surface area contributed by atoms with Crippen molar-refractivity contribution >= 4 is 10.0 Å². The molecule has 0 bridgehead atoms. The molecule has 0 radical (unpaired) electrons. The number of aryl methyl sites for hydroxylation is 1. The first-order chi connectivity index (χ1) is 12.5. The van der Waals surface area contributed by atoms with Gasteiger partial charge in [0.2, 0.25) is 10.0 Å². The largest absolute Gasteiger partial charge is 0.487 e. The maximum Gasteiger partial charge on any atom is 0.243 e. The zero-order chi connectivity index (χ0) is 18.1. The molecule has 0 unspecified atom stereocenters. The lowest BCUT2D eigenvalue weighted by atomic mass is 10.3. The van der Waals surface area contributed by atoms with Gasteiger partial charge in [-0.3, -0.25) is 4.98 Å². The van der Waals surface area contributed by atoms with Crippen molar-refractivity contribution in [3.05, 3.63) is 42.2 Å². The van der Waals surface area contributed by atoms with E-state index in [4.69, 9.17) is 14.2 Å². The van der Waals surface area contributed by atoms with Crippen molar-refractivity contribution in [2.45, 2.75) is 24.3 Å². The number of sulfonamides is 1. The molecule has 4 rings (SSSR count). The van der Waals surface area contributed by atoms with Crippen molar-refractivity contribution in [2.24, 2.45) is 0 Å². The lowest BCUT2D eigenvalue weighted by Crippen LogP contribution is -2.31. The van der Waals surface area contributed by atoms with Crippen molar-refractivity contribution in [2.75, 3.05) is 26.3 Å². The second kappa shape index (κ2) is 6.77. The maximum absolute atomic E-state index is 12.9. The average molecular weight is 376 g/mol. The summed E-state index contributed by atoms with van der Waals surface area (Å²) in [6.07, 6.45) is 2.15. The van der Waals surface area contributed by atoms with Crippen LogP contribution >= 0.6 is 0 Å². The molecule has 0 saturated carbocycles. The van der Waals surface area contributed by atoms with Gasteiger partial charge >= 0.3 is 0 Å². The molecule has 2 aromatic rings. The first-order valence-electron chi connectivity index (χ1n) is 8.52. The molecule has 2 aliphatic rings. The van der Waals surface area contributed by atoms with Gasteiger partial charge in [0.15, 0.2) is 11.5 Å². The fourth-order valence-electron chi connectivity index (χ4n) is 3.12. The van der Waals surface area contributed by atoms with Crippen LogP contribution in [0.1, 0.15) is 12.1 Å². The van der Waals surface area contributed by atoms with E-state index < -0.39 is 10.0 Å². The van der Waals surface area contributed by atoms with Gasteiger partial charge in [0, 0.05) is 18.8 Å². The van der Waals surface area contributed by atoms with Crippen LogP contribution in [0.15, 0.2) is 41.4 Å². The highest BCUT2D eigenvalue weighted by molar-refractivity contribution is 7.89. The summed E-state index contributed by atoms with van der Waals surface area (Å²) in [5, 5.41) is 0. The summed E-state index contributed by atoms with van der Waals surface area (Å²) in [5.41, 5.74) is 0.792. The van der Waals surface area contributed by atoms with Gasteiger partial charge in [-0.2, -0.15) is 4.31 Å². The van der Waals surface area contributed by atoms with E-state index >= 15 is 0 Å². The second-order valence-corrected chi connectivity index (χ2v) is 8.22. The first kappa shape index (κ1) is 17.1. The maximum atomic E-state index is 12.9. The topological polar surface area (TPSA) is 78.0 Å². The van der Waals surface area contributed by atoms with Crippen LogP contribution in [0, 0.1) is 6.92 Å². The molecule has 1 fully saturated rings. The molecular weight excluding hydrogens is 356 g/mol. The molecule has 8 heteroatoms. The van der Waals surface area contributed by atoms with E-state index in [1.165, 1.54) is 10.4 Å². The lowest BCUT2D eigenvalue weighted by molar-refractivity contribution is 0.171. The Hall–Kier alpha value is -2.32. The van der Waals surface area contributed by atoms with Gasteiger partial charge < -0.3 is 14.2 Å². The molecule has 1 aromatic heterocycles. The normalized spacial score (nSPS) is 20.1. The van der Waals surface area contributed by atoms with E-state index in [2.05, 4.69) is 4.98 Å². The summed E-state index contributed by atoms with van der Waals surface area (Å²) < 4.78 is 44.2. The minimum Gasteiger partial charge on any atom is -0.487 e. The summed E-state index contributed by atoms with van der Waals surface area (Å²) in [5.74, 6) is 1.73. The van der Waals surface area contributed by atoms with E-state index in [-0.39, 0.29) is 11.0 Å². The minimum absolute atomic E-state index is 0.190. The number of benzene rings is 1. The number of nitrogens with zero attached hydrogens (tertiary/aromatic N) is 2. The third kappa shape index (κ3) is 3.22. The fourth-order valence-corrected chi connectivity index (χ4v) is 4.62. The van der Waals surface area contributed by atoms with Crippen molar-refractivity contribution < 1.29 is 22.6 Å². The highest BCUT2D eigenvalue weighted by atomic mass is 32.2. The molecule has 0 amide bonds. The number of ether oxygens (including phenoxy) is 3. The Bertz CT molecular complexity index is 916. The number of hydrogen-bond acceptors (Lipinski definition) is 6. The Morgan fingerprint density at radius 1 is 1.19 bits per heavy atom. The van der Waals surface area contributed by atoms with Gasteiger partial charge in [-0.05, 0) is 37.6 Å². The van der Waals surface area contributed by atoms with E-state index in [1.807, 2.05) is 13.0 Å². The fraction of sp³-hybridized carbons (Fsp3) is 0.389. The molecule has 1 atom stereocenters. The Morgan fingerprint density at radius 2 is 2.00 bits per heavy atom. The zero-order valence-corrected chi connectivity index (χ0v) is 15.2. The SMILES string of the molecule is Cc1ncccc1O[C@H]1CCN(S(=O)(=O)c2ccc3c(c2)OCCO3)C1. The Balaban J connectivity index is 1.50. The highest BCUT2D eigenvalue weighted by Gasteiger charge is 2.34. The molecular formula is C18H20N2O5S. The van der Waals surface area contributed by atoms with E-state index in [1.54, 1.807) is 24.4 Å². The van der Waals surface area contributed by atoms with E-state index in [0.29, 0.717) is 50.0 Å². The lowest BCUT2D eigenvalue weighted by Gasteiger charge is -2.21. The van der Waals surface area contributed by atoms with E-state index in [0.717, 1.165) is 5.69 Å². The van der Waals surface area contributed by atoms with Gasteiger partial charge in [0.05, 0.1) is 17.1 Å². The third-order valence-electron chi connectivity index (χ3n) is 4.51. The summed E-state index contributed by atoms with van der Waals surface area (Å²) >= 11 is 0. The number of hydrogen-bond donors (Lipinski definition) is 0. The molecule has 1 aromatic carbocycles.